The Morgan fingerprint density at radius 2 is 1.97 bits per heavy atom. The SMILES string of the molecule is Cc1cc(C2(C)NC(=O)N(CC(=O)c3cc(C)n(-c4nccs4)c3C)C2=O)c(C)o1. The number of ketones is 1. The first-order chi connectivity index (χ1) is 14.1. The molecule has 4 heterocycles. The molecule has 1 fully saturated rings. The van der Waals surface area contributed by atoms with Gasteiger partial charge in [-0.05, 0) is 46.8 Å². The van der Waals surface area contributed by atoms with Crippen LogP contribution in [0.1, 0.15) is 45.8 Å². The first-order valence-electron chi connectivity index (χ1n) is 9.47. The number of hydrogen-bond donors (Lipinski definition) is 1. The maximum Gasteiger partial charge on any atom is 0.325 e. The lowest BCUT2D eigenvalue weighted by Crippen LogP contribution is -2.41. The summed E-state index contributed by atoms with van der Waals surface area (Å²) in [5, 5.41) is 5.35. The average molecular weight is 426 g/mol. The van der Waals surface area contributed by atoms with E-state index in [1.807, 2.05) is 23.8 Å². The average Bonchev–Trinajstić information content (AvgIpc) is 3.41. The Bertz CT molecular complexity index is 1170. The molecule has 1 aliphatic heterocycles. The van der Waals surface area contributed by atoms with Crippen LogP contribution in [0.15, 0.2) is 28.1 Å². The summed E-state index contributed by atoms with van der Waals surface area (Å²) in [6, 6.07) is 2.91. The third-order valence-electron chi connectivity index (χ3n) is 5.50. The minimum absolute atomic E-state index is 0.307. The zero-order valence-corrected chi connectivity index (χ0v) is 18.2. The van der Waals surface area contributed by atoms with Gasteiger partial charge in [0, 0.05) is 34.1 Å². The fourth-order valence-electron chi connectivity index (χ4n) is 4.04. The van der Waals surface area contributed by atoms with Crippen molar-refractivity contribution in [2.24, 2.45) is 0 Å². The van der Waals surface area contributed by atoms with Gasteiger partial charge in [0.2, 0.25) is 0 Å². The van der Waals surface area contributed by atoms with Crippen LogP contribution in [0.2, 0.25) is 0 Å². The Kier molecular flexibility index (Phi) is 4.65. The molecule has 8 nitrogen and oxygen atoms in total. The summed E-state index contributed by atoms with van der Waals surface area (Å²) in [6.07, 6.45) is 1.70. The van der Waals surface area contributed by atoms with E-state index in [1.54, 1.807) is 39.1 Å². The van der Waals surface area contributed by atoms with Gasteiger partial charge in [0.15, 0.2) is 10.9 Å². The van der Waals surface area contributed by atoms with Crippen LogP contribution in [-0.2, 0) is 10.3 Å². The number of carbonyl (C=O) groups excluding carboxylic acids is 3. The Morgan fingerprint density at radius 3 is 2.57 bits per heavy atom. The molecule has 9 heteroatoms. The summed E-state index contributed by atoms with van der Waals surface area (Å²) in [5.74, 6) is 0.427. The number of nitrogens with one attached hydrogen (secondary N) is 1. The van der Waals surface area contributed by atoms with Crippen molar-refractivity contribution in [3.8, 4) is 5.13 Å². The largest absolute Gasteiger partial charge is 0.466 e. The first kappa shape index (κ1) is 20.1. The van der Waals surface area contributed by atoms with Crippen LogP contribution >= 0.6 is 11.3 Å². The fourth-order valence-corrected chi connectivity index (χ4v) is 4.80. The number of rotatable bonds is 5. The van der Waals surface area contributed by atoms with E-state index in [9.17, 15) is 14.4 Å². The predicted octanol–water partition coefficient (Wildman–Crippen LogP) is 3.41. The monoisotopic (exact) mass is 426 g/mol. The molecule has 1 saturated heterocycles. The van der Waals surface area contributed by atoms with Crippen molar-refractivity contribution >= 4 is 29.1 Å². The van der Waals surface area contributed by atoms with Crippen LogP contribution in [0.25, 0.3) is 5.13 Å². The number of aromatic nitrogens is 2. The Balaban J connectivity index is 1.62. The minimum atomic E-state index is -1.27. The van der Waals surface area contributed by atoms with Crippen LogP contribution in [0.5, 0.6) is 0 Å². The van der Waals surface area contributed by atoms with Crippen molar-refractivity contribution in [3.05, 3.63) is 57.7 Å². The van der Waals surface area contributed by atoms with Crippen molar-refractivity contribution in [3.63, 3.8) is 0 Å². The number of nitrogens with zero attached hydrogens (tertiary/aromatic N) is 3. The highest BCUT2D eigenvalue weighted by atomic mass is 32.1. The molecule has 1 N–H and O–H groups in total. The summed E-state index contributed by atoms with van der Waals surface area (Å²) in [7, 11) is 0. The van der Waals surface area contributed by atoms with Gasteiger partial charge >= 0.3 is 6.03 Å². The fraction of sp³-hybridized carbons (Fsp3) is 0.333. The summed E-state index contributed by atoms with van der Waals surface area (Å²) in [4.78, 5) is 44.1. The molecule has 3 aromatic rings. The normalized spacial score (nSPS) is 18.9. The van der Waals surface area contributed by atoms with E-state index < -0.39 is 17.5 Å². The number of Topliss-reactive ketones (excluding diaryl/α,β-unsaturated/α-hetero) is 1. The minimum Gasteiger partial charge on any atom is -0.466 e. The van der Waals surface area contributed by atoms with E-state index >= 15 is 0 Å². The number of urea groups is 1. The summed E-state index contributed by atoms with van der Waals surface area (Å²) >= 11 is 1.47. The lowest BCUT2D eigenvalue weighted by Gasteiger charge is -2.21. The zero-order valence-electron chi connectivity index (χ0n) is 17.4. The number of amides is 3. The van der Waals surface area contributed by atoms with Crippen LogP contribution in [0, 0.1) is 27.7 Å². The van der Waals surface area contributed by atoms with Crippen molar-refractivity contribution in [2.75, 3.05) is 6.54 Å². The van der Waals surface area contributed by atoms with Crippen LogP contribution in [0.3, 0.4) is 0 Å². The molecule has 3 amide bonds. The van der Waals surface area contributed by atoms with Gasteiger partial charge in [0.05, 0.1) is 6.54 Å². The van der Waals surface area contributed by atoms with Crippen molar-refractivity contribution in [1.82, 2.24) is 19.8 Å². The predicted molar refractivity (Wildman–Crippen MR) is 111 cm³/mol. The van der Waals surface area contributed by atoms with Gasteiger partial charge < -0.3 is 9.73 Å². The van der Waals surface area contributed by atoms with Crippen molar-refractivity contribution in [2.45, 2.75) is 40.2 Å². The third-order valence-corrected chi connectivity index (χ3v) is 6.26. The second-order valence-corrected chi connectivity index (χ2v) is 8.50. The molecule has 0 aliphatic carbocycles. The molecule has 1 unspecified atom stereocenters. The molecule has 156 valence electrons. The number of hydrogen-bond acceptors (Lipinski definition) is 6. The van der Waals surface area contributed by atoms with Gasteiger partial charge in [-0.1, -0.05) is 0 Å². The van der Waals surface area contributed by atoms with E-state index in [2.05, 4.69) is 10.3 Å². The van der Waals surface area contributed by atoms with Gasteiger partial charge in [-0.2, -0.15) is 0 Å². The van der Waals surface area contributed by atoms with Crippen LogP contribution in [0.4, 0.5) is 4.79 Å². The molecule has 30 heavy (non-hydrogen) atoms. The number of thiazole rings is 1. The second kappa shape index (κ2) is 6.94. The molecule has 0 aromatic carbocycles. The molecule has 0 spiro atoms. The molecular formula is C21H22N4O4S. The van der Waals surface area contributed by atoms with E-state index in [-0.39, 0.29) is 12.3 Å². The van der Waals surface area contributed by atoms with Crippen LogP contribution < -0.4 is 5.32 Å². The van der Waals surface area contributed by atoms with E-state index in [4.69, 9.17) is 4.42 Å². The quantitative estimate of drug-likeness (QED) is 0.498. The van der Waals surface area contributed by atoms with Gasteiger partial charge in [0.25, 0.3) is 5.91 Å². The highest BCUT2D eigenvalue weighted by Crippen LogP contribution is 2.33. The molecule has 1 aliphatic rings. The van der Waals surface area contributed by atoms with Crippen molar-refractivity contribution < 1.29 is 18.8 Å². The Morgan fingerprint density at radius 1 is 1.23 bits per heavy atom. The van der Waals surface area contributed by atoms with Gasteiger partial charge in [-0.25, -0.2) is 9.78 Å². The Hall–Kier alpha value is -3.20. The summed E-state index contributed by atoms with van der Waals surface area (Å²) in [5.41, 5.74) is 1.38. The maximum absolute atomic E-state index is 13.1. The van der Waals surface area contributed by atoms with Gasteiger partial charge in [0.1, 0.15) is 17.1 Å². The van der Waals surface area contributed by atoms with Crippen LogP contribution in [-0.4, -0.2) is 38.7 Å². The highest BCUT2D eigenvalue weighted by molar-refractivity contribution is 7.12. The highest BCUT2D eigenvalue weighted by Gasteiger charge is 2.51. The van der Waals surface area contributed by atoms with Crippen molar-refractivity contribution in [1.29, 1.82) is 0 Å². The topological polar surface area (TPSA) is 97.4 Å². The smallest absolute Gasteiger partial charge is 0.325 e. The second-order valence-electron chi connectivity index (χ2n) is 7.63. The standard InChI is InChI=1S/C21H22N4O4S/c1-11-8-15(13(3)25(11)20-22-6-7-30-20)17(26)10-24-18(27)21(5,23-19(24)28)16-9-12(2)29-14(16)4/h6-9H,10H2,1-5H3,(H,23,28). The summed E-state index contributed by atoms with van der Waals surface area (Å²) in [6.45, 7) is 8.53. The number of aryl methyl sites for hydroxylation is 3. The zero-order chi connectivity index (χ0) is 21.8. The lowest BCUT2D eigenvalue weighted by molar-refractivity contribution is -0.130. The molecule has 0 radical (unpaired) electrons. The number of furan rings is 1. The van der Waals surface area contributed by atoms with E-state index in [1.165, 1.54) is 11.3 Å². The maximum atomic E-state index is 13.1. The molecule has 3 aromatic heterocycles. The first-order valence-corrected chi connectivity index (χ1v) is 10.3. The molecule has 1 atom stereocenters. The molecular weight excluding hydrogens is 404 g/mol. The van der Waals surface area contributed by atoms with E-state index in [0.717, 1.165) is 21.4 Å². The number of carbonyl (C=O) groups is 3. The van der Waals surface area contributed by atoms with E-state index in [0.29, 0.717) is 22.6 Å². The molecule has 0 saturated carbocycles. The molecule has 0 bridgehead atoms. The van der Waals surface area contributed by atoms with Gasteiger partial charge in [-0.15, -0.1) is 11.3 Å². The Labute approximate surface area is 177 Å². The lowest BCUT2D eigenvalue weighted by atomic mass is 9.92. The summed E-state index contributed by atoms with van der Waals surface area (Å²) < 4.78 is 7.43. The molecule has 4 rings (SSSR count). The third kappa shape index (κ3) is 2.97. The number of imide groups is 1. The van der Waals surface area contributed by atoms with Gasteiger partial charge in [-0.3, -0.25) is 19.1 Å².